The Bertz CT molecular complexity index is 997. The number of ether oxygens (including phenoxy) is 4. The van der Waals surface area contributed by atoms with Gasteiger partial charge >= 0.3 is 5.97 Å². The van der Waals surface area contributed by atoms with Gasteiger partial charge in [-0.3, -0.25) is 14.4 Å². The second-order valence-corrected chi connectivity index (χ2v) is 7.47. The number of benzene rings is 2. The molecule has 0 bridgehead atoms. The molecule has 0 saturated carbocycles. The molecule has 176 valence electrons. The van der Waals surface area contributed by atoms with Crippen LogP contribution in [0, 0.1) is 0 Å². The molecule has 9 heteroatoms. The van der Waals surface area contributed by atoms with Crippen LogP contribution in [0.15, 0.2) is 36.4 Å². The van der Waals surface area contributed by atoms with Gasteiger partial charge in [-0.1, -0.05) is 24.3 Å². The lowest BCUT2D eigenvalue weighted by molar-refractivity contribution is -0.147. The van der Waals surface area contributed by atoms with E-state index in [4.69, 9.17) is 18.9 Å². The van der Waals surface area contributed by atoms with Gasteiger partial charge in [-0.25, -0.2) is 0 Å². The molecule has 0 spiro atoms. The largest absolute Gasteiger partial charge is 0.493 e. The van der Waals surface area contributed by atoms with Gasteiger partial charge in [0, 0.05) is 5.56 Å². The summed E-state index contributed by atoms with van der Waals surface area (Å²) in [5.41, 5.74) is 2.53. The second-order valence-electron chi connectivity index (χ2n) is 7.47. The molecule has 9 nitrogen and oxygen atoms in total. The van der Waals surface area contributed by atoms with Crippen LogP contribution in [0.3, 0.4) is 0 Å². The molecule has 2 N–H and O–H groups in total. The van der Waals surface area contributed by atoms with Crippen molar-refractivity contribution in [3.63, 3.8) is 0 Å². The first kappa shape index (κ1) is 23.9. The number of nitrogens with one attached hydrogen (secondary N) is 2. The van der Waals surface area contributed by atoms with Crippen molar-refractivity contribution in [1.29, 1.82) is 0 Å². The summed E-state index contributed by atoms with van der Waals surface area (Å²) in [5.74, 6) is -0.677. The van der Waals surface area contributed by atoms with Crippen molar-refractivity contribution in [2.45, 2.75) is 25.3 Å². The Morgan fingerprint density at radius 1 is 1.00 bits per heavy atom. The molecule has 2 amide bonds. The van der Waals surface area contributed by atoms with E-state index in [-0.39, 0.29) is 17.5 Å². The first-order valence-electron chi connectivity index (χ1n) is 10.6. The molecule has 0 radical (unpaired) electrons. The third-order valence-electron chi connectivity index (χ3n) is 5.39. The fraction of sp³-hybridized carbons (Fsp3) is 0.375. The highest BCUT2D eigenvalue weighted by molar-refractivity contribution is 5.97. The number of rotatable bonds is 9. The summed E-state index contributed by atoms with van der Waals surface area (Å²) in [6.45, 7) is -0.813. The summed E-state index contributed by atoms with van der Waals surface area (Å²) in [6, 6.07) is 10.8. The molecule has 1 atom stereocenters. The number of fused-ring (bicyclic) bond motifs is 1. The first-order chi connectivity index (χ1) is 16.0. The Morgan fingerprint density at radius 3 is 2.36 bits per heavy atom. The number of carbonyl (C=O) groups is 3. The summed E-state index contributed by atoms with van der Waals surface area (Å²) >= 11 is 0. The van der Waals surface area contributed by atoms with Crippen molar-refractivity contribution in [1.82, 2.24) is 10.6 Å². The quantitative estimate of drug-likeness (QED) is 0.556. The molecule has 0 fully saturated rings. The predicted molar refractivity (Wildman–Crippen MR) is 120 cm³/mol. The fourth-order valence-corrected chi connectivity index (χ4v) is 3.80. The number of amides is 2. The Morgan fingerprint density at radius 2 is 1.70 bits per heavy atom. The van der Waals surface area contributed by atoms with E-state index in [1.807, 2.05) is 18.2 Å². The molecule has 0 aromatic heterocycles. The Labute approximate surface area is 192 Å². The zero-order valence-corrected chi connectivity index (χ0v) is 18.9. The number of hydrogen-bond acceptors (Lipinski definition) is 7. The Balaban J connectivity index is 1.49. The SMILES string of the molecule is COc1cc(C(=O)NCC(=O)OCC(=O)NC2CCCc3ccccc32)cc(OC)c1OC. The third kappa shape index (κ3) is 5.94. The normalized spacial score (nSPS) is 14.5. The van der Waals surface area contributed by atoms with Gasteiger partial charge in [-0.2, -0.15) is 0 Å². The Hall–Kier alpha value is -3.75. The van der Waals surface area contributed by atoms with Crippen LogP contribution in [0.25, 0.3) is 0 Å². The maximum absolute atomic E-state index is 12.5. The van der Waals surface area contributed by atoms with Gasteiger partial charge in [0.2, 0.25) is 5.75 Å². The maximum atomic E-state index is 12.5. The summed E-state index contributed by atoms with van der Waals surface area (Å²) in [5, 5.41) is 5.37. The molecule has 33 heavy (non-hydrogen) atoms. The molecule has 2 aromatic rings. The van der Waals surface area contributed by atoms with Crippen LogP contribution in [0.5, 0.6) is 17.2 Å². The molecule has 3 rings (SSSR count). The highest BCUT2D eigenvalue weighted by Gasteiger charge is 2.22. The summed E-state index contributed by atoms with van der Waals surface area (Å²) in [4.78, 5) is 36.8. The van der Waals surface area contributed by atoms with Gasteiger partial charge in [0.05, 0.1) is 27.4 Å². The van der Waals surface area contributed by atoms with Crippen LogP contribution in [0.1, 0.15) is 40.4 Å². The molecule has 0 heterocycles. The molecule has 1 unspecified atom stereocenters. The van der Waals surface area contributed by atoms with Gasteiger partial charge in [-0.15, -0.1) is 0 Å². The zero-order valence-electron chi connectivity index (χ0n) is 18.9. The number of hydrogen-bond donors (Lipinski definition) is 2. The van der Waals surface area contributed by atoms with Gasteiger partial charge in [0.1, 0.15) is 6.54 Å². The fourth-order valence-electron chi connectivity index (χ4n) is 3.80. The van der Waals surface area contributed by atoms with Crippen LogP contribution < -0.4 is 24.8 Å². The molecular weight excluding hydrogens is 428 g/mol. The topological polar surface area (TPSA) is 112 Å². The van der Waals surface area contributed by atoms with Gasteiger partial charge in [-0.05, 0) is 42.5 Å². The minimum absolute atomic E-state index is 0.0964. The minimum atomic E-state index is -0.727. The van der Waals surface area contributed by atoms with Gasteiger partial charge < -0.3 is 29.6 Å². The van der Waals surface area contributed by atoms with Gasteiger partial charge in [0.25, 0.3) is 11.8 Å². The lowest BCUT2D eigenvalue weighted by Gasteiger charge is -2.26. The van der Waals surface area contributed by atoms with Crippen LogP contribution in [0.4, 0.5) is 0 Å². The third-order valence-corrected chi connectivity index (χ3v) is 5.39. The molecule has 2 aromatic carbocycles. The van der Waals surface area contributed by atoms with Gasteiger partial charge in [0.15, 0.2) is 18.1 Å². The van der Waals surface area contributed by atoms with E-state index in [1.54, 1.807) is 0 Å². The van der Waals surface area contributed by atoms with Crippen molar-refractivity contribution in [3.05, 3.63) is 53.1 Å². The van der Waals surface area contributed by atoms with E-state index < -0.39 is 25.0 Å². The standard InChI is InChI=1S/C24H28N2O7/c1-30-19-11-16(12-20(31-2)23(19)32-3)24(29)25-13-22(28)33-14-21(27)26-18-10-6-8-15-7-4-5-9-17(15)18/h4-5,7,9,11-12,18H,6,8,10,13-14H2,1-3H3,(H,25,29)(H,26,27). The van der Waals surface area contributed by atoms with Crippen molar-refractivity contribution in [2.75, 3.05) is 34.5 Å². The molecule has 1 aliphatic carbocycles. The van der Waals surface area contributed by atoms with E-state index in [0.29, 0.717) is 17.2 Å². The van der Waals surface area contributed by atoms with Crippen molar-refractivity contribution in [2.24, 2.45) is 0 Å². The molecule has 0 saturated heterocycles. The van der Waals surface area contributed by atoms with E-state index in [9.17, 15) is 14.4 Å². The van der Waals surface area contributed by atoms with E-state index in [0.717, 1.165) is 24.8 Å². The summed E-state index contributed by atoms with van der Waals surface area (Å²) in [6.07, 6.45) is 2.80. The van der Waals surface area contributed by atoms with E-state index in [1.165, 1.54) is 39.0 Å². The molecule has 0 aliphatic heterocycles. The number of methoxy groups -OCH3 is 3. The average Bonchev–Trinajstić information content (AvgIpc) is 2.85. The van der Waals surface area contributed by atoms with Crippen LogP contribution in [0.2, 0.25) is 0 Å². The Kier molecular flexibility index (Phi) is 8.12. The minimum Gasteiger partial charge on any atom is -0.493 e. The van der Waals surface area contributed by atoms with Crippen molar-refractivity contribution >= 4 is 17.8 Å². The highest BCUT2D eigenvalue weighted by Crippen LogP contribution is 2.38. The predicted octanol–water partition coefficient (Wildman–Crippen LogP) is 2.18. The second kappa shape index (κ2) is 11.2. The monoisotopic (exact) mass is 456 g/mol. The zero-order chi connectivity index (χ0) is 23.8. The van der Waals surface area contributed by atoms with Crippen LogP contribution >= 0.6 is 0 Å². The summed E-state index contributed by atoms with van der Waals surface area (Å²) < 4.78 is 20.7. The van der Waals surface area contributed by atoms with E-state index >= 15 is 0 Å². The lowest BCUT2D eigenvalue weighted by atomic mass is 9.88. The van der Waals surface area contributed by atoms with E-state index in [2.05, 4.69) is 16.7 Å². The van der Waals surface area contributed by atoms with Crippen molar-refractivity contribution < 1.29 is 33.3 Å². The molecule has 1 aliphatic rings. The molecular formula is C24H28N2O7. The average molecular weight is 456 g/mol. The first-order valence-corrected chi connectivity index (χ1v) is 10.6. The van der Waals surface area contributed by atoms with Crippen LogP contribution in [-0.2, 0) is 20.7 Å². The van der Waals surface area contributed by atoms with Crippen LogP contribution in [-0.4, -0.2) is 52.3 Å². The smallest absolute Gasteiger partial charge is 0.325 e. The number of aryl methyl sites for hydroxylation is 1. The number of esters is 1. The summed E-state index contributed by atoms with van der Waals surface area (Å²) in [7, 11) is 4.33. The van der Waals surface area contributed by atoms with Crippen molar-refractivity contribution in [3.8, 4) is 17.2 Å². The lowest BCUT2D eigenvalue weighted by Crippen LogP contribution is -2.36. The highest BCUT2D eigenvalue weighted by atomic mass is 16.5. The number of carbonyl (C=O) groups excluding carboxylic acids is 3. The maximum Gasteiger partial charge on any atom is 0.325 e.